The number of amides is 4. The van der Waals surface area contributed by atoms with Crippen LogP contribution in [0.3, 0.4) is 0 Å². The molecule has 0 bridgehead atoms. The van der Waals surface area contributed by atoms with Gasteiger partial charge in [-0.2, -0.15) is 0 Å². The number of rotatable bonds is 5. The predicted octanol–water partition coefficient (Wildman–Crippen LogP) is -0.257. The summed E-state index contributed by atoms with van der Waals surface area (Å²) < 4.78 is 12.7. The van der Waals surface area contributed by atoms with E-state index in [-0.39, 0.29) is 24.9 Å². The van der Waals surface area contributed by atoms with Crippen LogP contribution in [-0.2, 0) is 4.79 Å². The molecule has 1 fully saturated rings. The van der Waals surface area contributed by atoms with E-state index in [1.807, 2.05) is 0 Å². The van der Waals surface area contributed by atoms with E-state index in [9.17, 15) is 18.8 Å². The number of nitrogens with one attached hydrogen (secondary N) is 4. The molecule has 7 nitrogen and oxygen atoms in total. The Hall–Kier alpha value is -2.64. The maximum Gasteiger partial charge on any atom is 0.315 e. The maximum atomic E-state index is 12.7. The second-order valence-corrected chi connectivity index (χ2v) is 4.80. The molecule has 0 radical (unpaired) electrons. The van der Waals surface area contributed by atoms with E-state index in [0.29, 0.717) is 18.5 Å². The van der Waals surface area contributed by atoms with Crippen LogP contribution in [-0.4, -0.2) is 43.5 Å². The third-order valence-corrected chi connectivity index (χ3v) is 3.16. The fourth-order valence-electron chi connectivity index (χ4n) is 2.00. The van der Waals surface area contributed by atoms with Crippen LogP contribution in [0.2, 0.25) is 0 Å². The van der Waals surface area contributed by atoms with Gasteiger partial charge in [-0.3, -0.25) is 9.59 Å². The van der Waals surface area contributed by atoms with Crippen molar-refractivity contribution in [2.24, 2.45) is 0 Å². The lowest BCUT2D eigenvalue weighted by Gasteiger charge is -2.11. The zero-order valence-electron chi connectivity index (χ0n) is 11.8. The van der Waals surface area contributed by atoms with Crippen molar-refractivity contribution in [3.8, 4) is 0 Å². The molecule has 8 heteroatoms. The summed E-state index contributed by atoms with van der Waals surface area (Å²) in [5, 5.41) is 10.3. The van der Waals surface area contributed by atoms with Crippen LogP contribution in [0.5, 0.6) is 0 Å². The molecule has 1 aromatic rings. The first-order valence-electron chi connectivity index (χ1n) is 6.92. The Kier molecular flexibility index (Phi) is 5.29. The molecule has 1 saturated heterocycles. The summed E-state index contributed by atoms with van der Waals surface area (Å²) in [4.78, 5) is 34.5. The highest BCUT2D eigenvalue weighted by molar-refractivity contribution is 5.94. The van der Waals surface area contributed by atoms with Crippen LogP contribution in [0.4, 0.5) is 9.18 Å². The van der Waals surface area contributed by atoms with Gasteiger partial charge in [-0.15, -0.1) is 0 Å². The van der Waals surface area contributed by atoms with Gasteiger partial charge >= 0.3 is 6.03 Å². The molecule has 0 aliphatic carbocycles. The fourth-order valence-corrected chi connectivity index (χ4v) is 2.00. The Bertz CT molecular complexity index is 562. The first kappa shape index (κ1) is 15.7. The highest BCUT2D eigenvalue weighted by atomic mass is 19.1. The summed E-state index contributed by atoms with van der Waals surface area (Å²) in [6.07, 6.45) is 0.563. The van der Waals surface area contributed by atoms with Crippen LogP contribution < -0.4 is 21.3 Å². The Morgan fingerprint density at radius 3 is 2.50 bits per heavy atom. The third kappa shape index (κ3) is 4.44. The van der Waals surface area contributed by atoms with Gasteiger partial charge in [0.2, 0.25) is 5.91 Å². The Morgan fingerprint density at radius 1 is 1.18 bits per heavy atom. The standard InChI is InChI=1S/C14H17FN4O3/c15-10-3-1-9(2-4-10)12(20)17-7-8-18-14(22)19-11-5-6-16-13(11)21/h1-4,11H,5-8H2,(H,16,21)(H,17,20)(H2,18,19,22)/t11-/m0/s1. The predicted molar refractivity (Wildman–Crippen MR) is 76.7 cm³/mol. The topological polar surface area (TPSA) is 99.3 Å². The SMILES string of the molecule is O=C(NCCNC(=O)c1ccc(F)cc1)N[C@H]1CCNC1=O. The van der Waals surface area contributed by atoms with Gasteiger partial charge in [0.15, 0.2) is 0 Å². The molecule has 0 saturated carbocycles. The molecule has 0 spiro atoms. The van der Waals surface area contributed by atoms with Crippen molar-refractivity contribution in [3.05, 3.63) is 35.6 Å². The fraction of sp³-hybridized carbons (Fsp3) is 0.357. The highest BCUT2D eigenvalue weighted by Gasteiger charge is 2.25. The van der Waals surface area contributed by atoms with Gasteiger partial charge in [0.05, 0.1) is 0 Å². The molecule has 118 valence electrons. The van der Waals surface area contributed by atoms with E-state index in [1.54, 1.807) is 0 Å². The van der Waals surface area contributed by atoms with Gasteiger partial charge in [-0.25, -0.2) is 9.18 Å². The van der Waals surface area contributed by atoms with Gasteiger partial charge < -0.3 is 21.3 Å². The van der Waals surface area contributed by atoms with Crippen molar-refractivity contribution in [2.75, 3.05) is 19.6 Å². The van der Waals surface area contributed by atoms with E-state index < -0.39 is 17.9 Å². The monoisotopic (exact) mass is 308 g/mol. The van der Waals surface area contributed by atoms with E-state index in [4.69, 9.17) is 0 Å². The quantitative estimate of drug-likeness (QED) is 0.564. The number of urea groups is 1. The van der Waals surface area contributed by atoms with Gasteiger partial charge in [0.25, 0.3) is 5.91 Å². The average Bonchev–Trinajstić information content (AvgIpc) is 2.89. The van der Waals surface area contributed by atoms with Crippen LogP contribution in [0.1, 0.15) is 16.8 Å². The Morgan fingerprint density at radius 2 is 1.86 bits per heavy atom. The number of benzene rings is 1. The molecule has 1 aromatic carbocycles. The summed E-state index contributed by atoms with van der Waals surface area (Å²) in [7, 11) is 0. The van der Waals surface area contributed by atoms with E-state index in [1.165, 1.54) is 24.3 Å². The first-order valence-corrected chi connectivity index (χ1v) is 6.92. The van der Waals surface area contributed by atoms with E-state index in [0.717, 1.165) is 0 Å². The Labute approximate surface area is 126 Å². The minimum Gasteiger partial charge on any atom is -0.354 e. The first-order chi connectivity index (χ1) is 10.6. The zero-order valence-corrected chi connectivity index (χ0v) is 11.8. The van der Waals surface area contributed by atoms with Crippen molar-refractivity contribution in [2.45, 2.75) is 12.5 Å². The molecule has 1 aliphatic heterocycles. The van der Waals surface area contributed by atoms with Crippen molar-refractivity contribution in [3.63, 3.8) is 0 Å². The lowest BCUT2D eigenvalue weighted by Crippen LogP contribution is -2.47. The molecule has 1 atom stereocenters. The number of halogens is 1. The molecule has 0 aromatic heterocycles. The number of carbonyl (C=O) groups excluding carboxylic acids is 3. The summed E-state index contributed by atoms with van der Waals surface area (Å²) in [5.41, 5.74) is 0.341. The highest BCUT2D eigenvalue weighted by Crippen LogP contribution is 2.02. The summed E-state index contributed by atoms with van der Waals surface area (Å²) >= 11 is 0. The molecule has 22 heavy (non-hydrogen) atoms. The van der Waals surface area contributed by atoms with Crippen molar-refractivity contribution < 1.29 is 18.8 Å². The van der Waals surface area contributed by atoms with E-state index in [2.05, 4.69) is 21.3 Å². The third-order valence-electron chi connectivity index (χ3n) is 3.16. The minimum atomic E-state index is -0.506. The number of hydrogen-bond donors (Lipinski definition) is 4. The van der Waals surface area contributed by atoms with Crippen LogP contribution in [0.25, 0.3) is 0 Å². The molecule has 0 unspecified atom stereocenters. The van der Waals surface area contributed by atoms with Gasteiger partial charge in [0, 0.05) is 25.2 Å². The van der Waals surface area contributed by atoms with Crippen molar-refractivity contribution in [1.82, 2.24) is 21.3 Å². The summed E-state index contributed by atoms with van der Waals surface area (Å²) in [6, 6.07) is 4.19. The minimum absolute atomic E-state index is 0.195. The van der Waals surface area contributed by atoms with Crippen molar-refractivity contribution in [1.29, 1.82) is 0 Å². The second kappa shape index (κ2) is 7.39. The number of hydrogen-bond acceptors (Lipinski definition) is 3. The van der Waals surface area contributed by atoms with Gasteiger partial charge in [0.1, 0.15) is 11.9 Å². The summed E-state index contributed by atoms with van der Waals surface area (Å²) in [6.45, 7) is 0.991. The van der Waals surface area contributed by atoms with Crippen molar-refractivity contribution >= 4 is 17.8 Å². The second-order valence-electron chi connectivity index (χ2n) is 4.80. The van der Waals surface area contributed by atoms with Gasteiger partial charge in [-0.1, -0.05) is 0 Å². The largest absolute Gasteiger partial charge is 0.354 e. The Balaban J connectivity index is 1.64. The summed E-state index contributed by atoms with van der Waals surface area (Å²) in [5.74, 6) is -0.956. The molecule has 2 rings (SSSR count). The normalized spacial score (nSPS) is 16.8. The molecule has 1 aliphatic rings. The molecule has 4 N–H and O–H groups in total. The van der Waals surface area contributed by atoms with Crippen LogP contribution in [0.15, 0.2) is 24.3 Å². The number of carbonyl (C=O) groups is 3. The van der Waals surface area contributed by atoms with Crippen LogP contribution in [0, 0.1) is 5.82 Å². The van der Waals surface area contributed by atoms with Crippen LogP contribution >= 0.6 is 0 Å². The lowest BCUT2D eigenvalue weighted by atomic mass is 10.2. The molecule has 1 heterocycles. The maximum absolute atomic E-state index is 12.7. The molecular formula is C14H17FN4O3. The lowest BCUT2D eigenvalue weighted by molar-refractivity contribution is -0.120. The molecular weight excluding hydrogens is 291 g/mol. The van der Waals surface area contributed by atoms with E-state index >= 15 is 0 Å². The smallest absolute Gasteiger partial charge is 0.315 e. The molecule has 4 amide bonds. The van der Waals surface area contributed by atoms with Gasteiger partial charge in [-0.05, 0) is 30.7 Å². The zero-order chi connectivity index (χ0) is 15.9. The average molecular weight is 308 g/mol.